The van der Waals surface area contributed by atoms with Crippen molar-refractivity contribution in [3.05, 3.63) is 21.7 Å². The Morgan fingerprint density at radius 3 is 2.64 bits per heavy atom. The number of hydrogen-bond acceptors (Lipinski definition) is 9. The fourth-order valence-corrected chi connectivity index (χ4v) is 8.41. The van der Waals surface area contributed by atoms with E-state index in [9.17, 15) is 9.59 Å². The molecular formula is C31H36N6O5. The Balaban J connectivity index is 1.31. The van der Waals surface area contributed by atoms with Gasteiger partial charge in [0.25, 0.3) is 0 Å². The van der Waals surface area contributed by atoms with Crippen molar-refractivity contribution in [2.24, 2.45) is 7.05 Å². The highest BCUT2D eigenvalue weighted by Crippen LogP contribution is 2.50. The Hall–Kier alpha value is -3.49. The predicted octanol–water partition coefficient (Wildman–Crippen LogP) is 2.86. The van der Waals surface area contributed by atoms with Crippen LogP contribution in [0.5, 0.6) is 5.88 Å². The molecule has 5 fully saturated rings. The summed E-state index contributed by atoms with van der Waals surface area (Å²) >= 11 is 0. The average molecular weight is 573 g/mol. The van der Waals surface area contributed by atoms with E-state index in [1.807, 2.05) is 7.05 Å². The Kier molecular flexibility index (Phi) is 5.76. The van der Waals surface area contributed by atoms with Gasteiger partial charge in [-0.1, -0.05) is 17.5 Å². The molecule has 9 rings (SSSR count). The van der Waals surface area contributed by atoms with Gasteiger partial charge < -0.3 is 14.0 Å². The second-order valence-electron chi connectivity index (χ2n) is 13.1. The van der Waals surface area contributed by atoms with Crippen LogP contribution in [0.4, 0.5) is 0 Å². The van der Waals surface area contributed by atoms with E-state index >= 15 is 0 Å². The van der Waals surface area contributed by atoms with Crippen molar-refractivity contribution < 1.29 is 18.8 Å². The second-order valence-corrected chi connectivity index (χ2v) is 13.1. The number of carbonyl (C=O) groups is 1. The Labute approximate surface area is 243 Å². The molecule has 2 bridgehead atoms. The molecule has 3 atom stereocenters. The van der Waals surface area contributed by atoms with Crippen LogP contribution in [0.2, 0.25) is 0 Å². The van der Waals surface area contributed by atoms with E-state index in [1.54, 1.807) is 16.2 Å². The lowest BCUT2D eigenvalue weighted by atomic mass is 9.64. The Morgan fingerprint density at radius 1 is 1.10 bits per heavy atom. The zero-order chi connectivity index (χ0) is 28.8. The molecule has 0 amide bonds. The molecule has 3 aromatic rings. The molecule has 0 N–H and O–H groups in total. The van der Waals surface area contributed by atoms with Gasteiger partial charge >= 0.3 is 5.69 Å². The van der Waals surface area contributed by atoms with Crippen LogP contribution in [0.25, 0.3) is 22.7 Å². The monoisotopic (exact) mass is 572 g/mol. The van der Waals surface area contributed by atoms with Gasteiger partial charge in [-0.2, -0.15) is 4.98 Å². The number of likely N-dealkylation sites (N-methyl/N-ethyl adjacent to an activating group) is 1. The SMILES string of the molecule is C#C[C@H](Oc1nc(-c2onc3c2CCC[C@@]32CCCCC2=O)nc2c1n(C)c(=O)n2C12COC(C1)C2)[C@@H]1CCCN1C. The molecule has 11 heteroatoms. The van der Waals surface area contributed by atoms with Crippen LogP contribution in [-0.4, -0.2) is 73.4 Å². The lowest BCUT2D eigenvalue weighted by molar-refractivity contribution is -0.127. The summed E-state index contributed by atoms with van der Waals surface area (Å²) < 4.78 is 21.8. The number of aromatic nitrogens is 5. The summed E-state index contributed by atoms with van der Waals surface area (Å²) in [6.07, 6.45) is 14.8. The molecule has 0 aromatic carbocycles. The molecule has 1 spiro atoms. The van der Waals surface area contributed by atoms with Crippen LogP contribution < -0.4 is 10.4 Å². The highest BCUT2D eigenvalue weighted by atomic mass is 16.5. The summed E-state index contributed by atoms with van der Waals surface area (Å²) in [6, 6.07) is 0.0343. The number of imidazole rings is 1. The molecule has 3 aliphatic carbocycles. The van der Waals surface area contributed by atoms with E-state index < -0.39 is 17.1 Å². The molecule has 42 heavy (non-hydrogen) atoms. The minimum Gasteiger partial charge on any atom is -0.458 e. The zero-order valence-electron chi connectivity index (χ0n) is 24.2. The van der Waals surface area contributed by atoms with Crippen molar-refractivity contribution in [3.63, 3.8) is 0 Å². The highest BCUT2D eigenvalue weighted by Gasteiger charge is 2.55. The average Bonchev–Trinajstić information content (AvgIpc) is 3.79. The summed E-state index contributed by atoms with van der Waals surface area (Å²) in [5, 5.41) is 4.51. The Bertz CT molecular complexity index is 1700. The van der Waals surface area contributed by atoms with Crippen molar-refractivity contribution >= 4 is 16.9 Å². The molecule has 0 unspecified atom stereocenters. The molecule has 11 nitrogen and oxygen atoms in total. The lowest BCUT2D eigenvalue weighted by Gasteiger charge is -2.37. The predicted molar refractivity (Wildman–Crippen MR) is 152 cm³/mol. The van der Waals surface area contributed by atoms with Crippen LogP contribution in [0.3, 0.4) is 0 Å². The van der Waals surface area contributed by atoms with Gasteiger partial charge in [-0.25, -0.2) is 9.78 Å². The minimum atomic E-state index is -0.589. The van der Waals surface area contributed by atoms with E-state index in [0.29, 0.717) is 35.8 Å². The van der Waals surface area contributed by atoms with E-state index in [2.05, 4.69) is 16.0 Å². The smallest absolute Gasteiger partial charge is 0.330 e. The lowest BCUT2D eigenvalue weighted by Crippen LogP contribution is -2.48. The summed E-state index contributed by atoms with van der Waals surface area (Å²) in [4.78, 5) is 39.2. The molecule has 6 heterocycles. The first-order valence-corrected chi connectivity index (χ1v) is 15.3. The van der Waals surface area contributed by atoms with Crippen molar-refractivity contribution in [1.82, 2.24) is 29.2 Å². The van der Waals surface area contributed by atoms with E-state index in [4.69, 9.17) is 30.4 Å². The second kappa shape index (κ2) is 9.25. The van der Waals surface area contributed by atoms with Crippen molar-refractivity contribution in [2.45, 2.75) is 99.8 Å². The van der Waals surface area contributed by atoms with Crippen molar-refractivity contribution in [2.75, 3.05) is 20.2 Å². The first-order valence-electron chi connectivity index (χ1n) is 15.3. The molecule has 2 saturated carbocycles. The Morgan fingerprint density at radius 2 is 1.93 bits per heavy atom. The largest absolute Gasteiger partial charge is 0.458 e. The summed E-state index contributed by atoms with van der Waals surface area (Å²) in [5.41, 5.74) is 1.39. The number of likely N-dealkylation sites (tertiary alicyclic amines) is 1. The first kappa shape index (κ1) is 26.2. The van der Waals surface area contributed by atoms with Gasteiger partial charge in [-0.15, -0.1) is 6.42 Å². The van der Waals surface area contributed by atoms with Crippen molar-refractivity contribution in [1.29, 1.82) is 0 Å². The number of nitrogens with zero attached hydrogens (tertiary/aromatic N) is 6. The maximum atomic E-state index is 13.8. The van der Waals surface area contributed by atoms with Crippen LogP contribution in [0.15, 0.2) is 9.32 Å². The van der Waals surface area contributed by atoms with Gasteiger partial charge in [-0.05, 0) is 71.4 Å². The van der Waals surface area contributed by atoms with Crippen LogP contribution >= 0.6 is 0 Å². The topological polar surface area (TPSA) is 118 Å². The van der Waals surface area contributed by atoms with Crippen LogP contribution in [0, 0.1) is 12.3 Å². The van der Waals surface area contributed by atoms with Gasteiger partial charge in [-0.3, -0.25) is 18.8 Å². The molecule has 0 radical (unpaired) electrons. The summed E-state index contributed by atoms with van der Waals surface area (Å²) in [6.45, 7) is 1.41. The van der Waals surface area contributed by atoms with Crippen LogP contribution in [0.1, 0.15) is 75.5 Å². The number of ketones is 1. The van der Waals surface area contributed by atoms with E-state index in [-0.39, 0.29) is 29.5 Å². The fourth-order valence-electron chi connectivity index (χ4n) is 8.41. The van der Waals surface area contributed by atoms with Gasteiger partial charge in [0.2, 0.25) is 17.5 Å². The standard InChI is InChI=1S/C31H36N6O5/c1-4-21(20-10-8-14-35(20)2)41-28-23-27(37(29(39)36(23)3)30-15-18(16-30)40-17-30)32-26(33-28)24-19-9-7-13-31(25(19)34-42-24)12-6-5-11-22(31)38/h1,18,20-21H,5-17H2,2-3H3/t18?,20-,21-,30?,31+/m0/s1. The highest BCUT2D eigenvalue weighted by molar-refractivity contribution is 5.91. The maximum absolute atomic E-state index is 13.8. The van der Waals surface area contributed by atoms with Gasteiger partial charge in [0.15, 0.2) is 17.3 Å². The molecule has 220 valence electrons. The maximum Gasteiger partial charge on any atom is 0.330 e. The van der Waals surface area contributed by atoms with E-state index in [1.165, 1.54) is 0 Å². The molecule has 6 aliphatic rings. The number of Topliss-reactive ketones (excluding diaryl/α,β-unsaturated/α-hetero) is 1. The number of ether oxygens (including phenoxy) is 2. The number of carbonyl (C=O) groups excluding carboxylic acids is 1. The number of terminal acetylenes is 1. The number of fused-ring (bicyclic) bond motifs is 4. The first-order chi connectivity index (χ1) is 20.3. The molecule has 3 aliphatic heterocycles. The summed E-state index contributed by atoms with van der Waals surface area (Å²) in [5.74, 6) is 4.09. The molecule has 3 aromatic heterocycles. The normalized spacial score (nSPS) is 31.3. The number of hydrogen-bond donors (Lipinski definition) is 0. The van der Waals surface area contributed by atoms with Crippen LogP contribution in [-0.2, 0) is 34.0 Å². The van der Waals surface area contributed by atoms with Gasteiger partial charge in [0.1, 0.15) is 11.5 Å². The summed E-state index contributed by atoms with van der Waals surface area (Å²) in [7, 11) is 3.77. The fraction of sp³-hybridized carbons (Fsp3) is 0.645. The third-order valence-electron chi connectivity index (χ3n) is 10.7. The molecule has 3 saturated heterocycles. The third-order valence-corrected chi connectivity index (χ3v) is 10.7. The number of aryl methyl sites for hydroxylation is 1. The van der Waals surface area contributed by atoms with Crippen molar-refractivity contribution in [3.8, 4) is 29.8 Å². The van der Waals surface area contributed by atoms with Gasteiger partial charge in [0.05, 0.1) is 29.7 Å². The molecular weight excluding hydrogens is 536 g/mol. The van der Waals surface area contributed by atoms with E-state index in [0.717, 1.165) is 82.0 Å². The third kappa shape index (κ3) is 3.51. The quantitative estimate of drug-likeness (QED) is 0.426. The number of rotatable bonds is 5. The van der Waals surface area contributed by atoms with Gasteiger partial charge in [0, 0.05) is 19.0 Å². The zero-order valence-corrected chi connectivity index (χ0v) is 24.2. The minimum absolute atomic E-state index is 0.0343.